The first-order valence-electron chi connectivity index (χ1n) is 9.94. The van der Waals surface area contributed by atoms with Crippen molar-refractivity contribution in [2.45, 2.75) is 30.7 Å². The van der Waals surface area contributed by atoms with E-state index in [1.54, 1.807) is 45.4 Å². The summed E-state index contributed by atoms with van der Waals surface area (Å²) in [7, 11) is -0.483. The highest BCUT2D eigenvalue weighted by Crippen LogP contribution is 2.35. The van der Waals surface area contributed by atoms with Gasteiger partial charge in [-0.2, -0.15) is 0 Å². The summed E-state index contributed by atoms with van der Waals surface area (Å²) in [6, 6.07) is 11.7. The third-order valence-corrected chi connectivity index (χ3v) is 7.66. The molecule has 10 heteroatoms. The Morgan fingerprint density at radius 2 is 1.84 bits per heavy atom. The minimum Gasteiger partial charge on any atom is -0.493 e. The van der Waals surface area contributed by atoms with Crippen LogP contribution in [-0.2, 0) is 10.0 Å². The number of aryl methyl sites for hydroxylation is 1. The van der Waals surface area contributed by atoms with Gasteiger partial charge >= 0.3 is 0 Å². The molecule has 2 N–H and O–H groups in total. The molecule has 4 rings (SSSR count). The molecule has 1 saturated carbocycles. The number of aromatic nitrogens is 1. The number of hydrogen-bond donors (Lipinski definition) is 2. The number of sulfonamides is 1. The maximum Gasteiger partial charge on any atom is 0.267 e. The van der Waals surface area contributed by atoms with E-state index in [-0.39, 0.29) is 16.8 Å². The molecule has 1 aliphatic rings. The van der Waals surface area contributed by atoms with E-state index in [4.69, 9.17) is 9.47 Å². The van der Waals surface area contributed by atoms with Crippen LogP contribution in [-0.4, -0.2) is 39.6 Å². The number of amides is 1. The summed E-state index contributed by atoms with van der Waals surface area (Å²) in [6.07, 6.45) is 1.70. The SMILES string of the molecule is COc1ccc(-c2nc(C)c(C(=O)Nc3cccc(S(=O)(=O)NC4CC4)c3)s2)cc1OC. The van der Waals surface area contributed by atoms with E-state index in [0.29, 0.717) is 32.8 Å². The fourth-order valence-corrected chi connectivity index (χ4v) is 5.43. The molecule has 1 aliphatic carbocycles. The van der Waals surface area contributed by atoms with Crippen molar-refractivity contribution in [2.24, 2.45) is 0 Å². The zero-order chi connectivity index (χ0) is 22.9. The molecule has 2 aromatic carbocycles. The van der Waals surface area contributed by atoms with Gasteiger partial charge in [0.15, 0.2) is 11.5 Å². The van der Waals surface area contributed by atoms with E-state index < -0.39 is 10.0 Å². The summed E-state index contributed by atoms with van der Waals surface area (Å²) >= 11 is 1.25. The highest BCUT2D eigenvalue weighted by Gasteiger charge is 2.28. The van der Waals surface area contributed by atoms with Crippen LogP contribution in [0.3, 0.4) is 0 Å². The predicted octanol–water partition coefficient (Wildman–Crippen LogP) is 3.83. The molecule has 3 aromatic rings. The van der Waals surface area contributed by atoms with Crippen LogP contribution < -0.4 is 19.5 Å². The number of carbonyl (C=O) groups excluding carboxylic acids is 1. The van der Waals surface area contributed by atoms with Gasteiger partial charge < -0.3 is 14.8 Å². The minimum atomic E-state index is -3.61. The van der Waals surface area contributed by atoms with Crippen molar-refractivity contribution in [3.8, 4) is 22.1 Å². The Morgan fingerprint density at radius 3 is 2.53 bits per heavy atom. The average Bonchev–Trinajstić information content (AvgIpc) is 3.50. The van der Waals surface area contributed by atoms with Gasteiger partial charge in [-0.05, 0) is 56.2 Å². The molecule has 1 heterocycles. The monoisotopic (exact) mass is 473 g/mol. The number of nitrogens with zero attached hydrogens (tertiary/aromatic N) is 1. The fraction of sp³-hybridized carbons (Fsp3) is 0.273. The van der Waals surface area contributed by atoms with Crippen LogP contribution in [0.15, 0.2) is 47.4 Å². The summed E-state index contributed by atoms with van der Waals surface area (Å²) < 4.78 is 38.2. The molecule has 8 nitrogen and oxygen atoms in total. The predicted molar refractivity (Wildman–Crippen MR) is 123 cm³/mol. The second-order valence-corrected chi connectivity index (χ2v) is 10.1. The zero-order valence-electron chi connectivity index (χ0n) is 17.8. The zero-order valence-corrected chi connectivity index (χ0v) is 19.5. The van der Waals surface area contributed by atoms with Crippen molar-refractivity contribution < 1.29 is 22.7 Å². The summed E-state index contributed by atoms with van der Waals surface area (Å²) in [5, 5.41) is 3.45. The second kappa shape index (κ2) is 8.89. The quantitative estimate of drug-likeness (QED) is 0.515. The van der Waals surface area contributed by atoms with Crippen LogP contribution in [0.5, 0.6) is 11.5 Å². The van der Waals surface area contributed by atoms with Gasteiger partial charge in [0.05, 0.1) is 24.8 Å². The van der Waals surface area contributed by atoms with Crippen LogP contribution in [0.2, 0.25) is 0 Å². The molecular weight excluding hydrogens is 450 g/mol. The third kappa shape index (κ3) is 4.77. The molecule has 1 fully saturated rings. The molecule has 1 aromatic heterocycles. The standard InChI is InChI=1S/C22H23N3O5S2/c1-13-20(31-22(23-13)14-7-10-18(29-2)19(11-14)30-3)21(26)24-16-5-4-6-17(12-16)32(27,28)25-15-8-9-15/h4-7,10-12,15,25H,8-9H2,1-3H3,(H,24,26). The molecule has 1 amide bonds. The lowest BCUT2D eigenvalue weighted by atomic mass is 10.2. The largest absolute Gasteiger partial charge is 0.493 e. The topological polar surface area (TPSA) is 107 Å². The smallest absolute Gasteiger partial charge is 0.267 e. The lowest BCUT2D eigenvalue weighted by molar-refractivity contribution is 0.102. The number of carbonyl (C=O) groups is 1. The molecule has 0 unspecified atom stereocenters. The van der Waals surface area contributed by atoms with Gasteiger partial charge in [-0.25, -0.2) is 18.1 Å². The summed E-state index contributed by atoms with van der Waals surface area (Å²) in [4.78, 5) is 18.0. The minimum absolute atomic E-state index is 0.00749. The van der Waals surface area contributed by atoms with E-state index >= 15 is 0 Å². The lowest BCUT2D eigenvalue weighted by Crippen LogP contribution is -2.25. The molecule has 32 heavy (non-hydrogen) atoms. The first-order valence-corrected chi connectivity index (χ1v) is 12.2. The number of hydrogen-bond acceptors (Lipinski definition) is 7. The van der Waals surface area contributed by atoms with Crippen molar-refractivity contribution in [3.05, 3.63) is 53.0 Å². The van der Waals surface area contributed by atoms with Crippen LogP contribution >= 0.6 is 11.3 Å². The summed E-state index contributed by atoms with van der Waals surface area (Å²) in [6.45, 7) is 1.76. The molecule has 0 bridgehead atoms. The third-order valence-electron chi connectivity index (χ3n) is 4.93. The highest BCUT2D eigenvalue weighted by atomic mass is 32.2. The van der Waals surface area contributed by atoms with Gasteiger partial charge in [-0.3, -0.25) is 4.79 Å². The Kier molecular flexibility index (Phi) is 6.18. The van der Waals surface area contributed by atoms with Gasteiger partial charge in [0, 0.05) is 17.3 Å². The van der Waals surface area contributed by atoms with Gasteiger partial charge in [0.25, 0.3) is 5.91 Å². The average molecular weight is 474 g/mol. The van der Waals surface area contributed by atoms with E-state index in [1.807, 2.05) is 6.07 Å². The maximum atomic E-state index is 12.9. The van der Waals surface area contributed by atoms with Crippen LogP contribution in [0.25, 0.3) is 10.6 Å². The molecule has 0 aliphatic heterocycles. The Labute approximate surface area is 190 Å². The van der Waals surface area contributed by atoms with Crippen LogP contribution in [0.4, 0.5) is 5.69 Å². The number of anilines is 1. The van der Waals surface area contributed by atoms with E-state index in [1.165, 1.54) is 23.5 Å². The second-order valence-electron chi connectivity index (χ2n) is 7.38. The molecule has 0 radical (unpaired) electrons. The first-order chi connectivity index (χ1) is 15.3. The summed E-state index contributed by atoms with van der Waals surface area (Å²) in [5.41, 5.74) is 1.78. The fourth-order valence-electron chi connectivity index (χ4n) is 3.12. The normalized spacial score (nSPS) is 13.6. The van der Waals surface area contributed by atoms with Gasteiger partial charge in [0.1, 0.15) is 9.88 Å². The molecule has 0 atom stereocenters. The Bertz CT molecular complexity index is 1270. The van der Waals surface area contributed by atoms with Crippen molar-refractivity contribution in [2.75, 3.05) is 19.5 Å². The van der Waals surface area contributed by atoms with Crippen molar-refractivity contribution >= 4 is 33.0 Å². The lowest BCUT2D eigenvalue weighted by Gasteiger charge is -2.09. The Morgan fingerprint density at radius 1 is 1.09 bits per heavy atom. The molecular formula is C22H23N3O5S2. The molecule has 168 valence electrons. The summed E-state index contributed by atoms with van der Waals surface area (Å²) in [5.74, 6) is 0.826. The Hall–Kier alpha value is -2.95. The van der Waals surface area contributed by atoms with Gasteiger partial charge in [-0.15, -0.1) is 11.3 Å². The van der Waals surface area contributed by atoms with Crippen LogP contribution in [0, 0.1) is 6.92 Å². The van der Waals surface area contributed by atoms with Crippen molar-refractivity contribution in [3.63, 3.8) is 0 Å². The van der Waals surface area contributed by atoms with Crippen molar-refractivity contribution in [1.29, 1.82) is 0 Å². The highest BCUT2D eigenvalue weighted by molar-refractivity contribution is 7.89. The van der Waals surface area contributed by atoms with E-state index in [9.17, 15) is 13.2 Å². The maximum absolute atomic E-state index is 12.9. The number of methoxy groups -OCH3 is 2. The van der Waals surface area contributed by atoms with Crippen LogP contribution in [0.1, 0.15) is 28.2 Å². The number of ether oxygens (including phenoxy) is 2. The molecule has 0 saturated heterocycles. The number of thiazole rings is 1. The van der Waals surface area contributed by atoms with Crippen molar-refractivity contribution in [1.82, 2.24) is 9.71 Å². The molecule has 0 spiro atoms. The number of nitrogens with one attached hydrogen (secondary N) is 2. The van der Waals surface area contributed by atoms with Gasteiger partial charge in [0.2, 0.25) is 10.0 Å². The first kappa shape index (κ1) is 22.3. The van der Waals surface area contributed by atoms with E-state index in [2.05, 4.69) is 15.0 Å². The number of rotatable bonds is 8. The Balaban J connectivity index is 1.55. The van der Waals surface area contributed by atoms with E-state index in [0.717, 1.165) is 18.4 Å². The van der Waals surface area contributed by atoms with Gasteiger partial charge in [-0.1, -0.05) is 6.07 Å². The number of benzene rings is 2.